The molecular weight excluding hydrogens is 250 g/mol. The van der Waals surface area contributed by atoms with Gasteiger partial charge in [-0.25, -0.2) is 0 Å². The number of fused-ring (bicyclic) bond motifs is 1. The van der Waals surface area contributed by atoms with E-state index < -0.39 is 0 Å². The first-order valence-electron chi connectivity index (χ1n) is 6.40. The number of nitrogen functional groups attached to an aromatic ring is 1. The van der Waals surface area contributed by atoms with Crippen molar-refractivity contribution in [3.8, 4) is 5.75 Å². The van der Waals surface area contributed by atoms with Crippen LogP contribution in [-0.2, 0) is 6.61 Å². The van der Waals surface area contributed by atoms with Crippen molar-refractivity contribution in [3.63, 3.8) is 0 Å². The molecule has 0 aliphatic rings. The van der Waals surface area contributed by atoms with Gasteiger partial charge in [0.1, 0.15) is 12.4 Å². The van der Waals surface area contributed by atoms with Gasteiger partial charge in [0, 0.05) is 29.5 Å². The smallest absolute Gasteiger partial charge is 0.129 e. The van der Waals surface area contributed by atoms with Crippen LogP contribution in [0.1, 0.15) is 11.1 Å². The molecule has 0 radical (unpaired) electrons. The second-order valence-corrected chi connectivity index (χ2v) is 4.71. The number of hydrogen-bond acceptors (Lipinski definition) is 4. The van der Waals surface area contributed by atoms with Crippen molar-refractivity contribution >= 4 is 16.6 Å². The number of nitrogens with two attached hydrogens (primary N) is 1. The predicted molar refractivity (Wildman–Crippen MR) is 79.5 cm³/mol. The number of aromatic nitrogens is 2. The van der Waals surface area contributed by atoms with Crippen LogP contribution in [0.4, 0.5) is 5.69 Å². The Labute approximate surface area is 117 Å². The van der Waals surface area contributed by atoms with Gasteiger partial charge in [0.2, 0.25) is 0 Å². The van der Waals surface area contributed by atoms with Gasteiger partial charge in [-0.2, -0.15) is 0 Å². The Morgan fingerprint density at radius 3 is 2.95 bits per heavy atom. The van der Waals surface area contributed by atoms with E-state index in [-0.39, 0.29) is 0 Å². The van der Waals surface area contributed by atoms with Gasteiger partial charge in [0.05, 0.1) is 11.2 Å². The van der Waals surface area contributed by atoms with Crippen LogP contribution >= 0.6 is 0 Å². The van der Waals surface area contributed by atoms with Crippen LogP contribution in [0.25, 0.3) is 10.9 Å². The molecule has 20 heavy (non-hydrogen) atoms. The summed E-state index contributed by atoms with van der Waals surface area (Å²) in [6, 6.07) is 9.60. The van der Waals surface area contributed by atoms with E-state index in [1.54, 1.807) is 6.20 Å². The van der Waals surface area contributed by atoms with Crippen molar-refractivity contribution in [3.05, 3.63) is 60.0 Å². The van der Waals surface area contributed by atoms with E-state index >= 15 is 0 Å². The van der Waals surface area contributed by atoms with Gasteiger partial charge in [-0.15, -0.1) is 0 Å². The highest BCUT2D eigenvalue weighted by Crippen LogP contribution is 2.28. The zero-order chi connectivity index (χ0) is 13.9. The molecule has 4 nitrogen and oxygen atoms in total. The molecule has 0 amide bonds. The van der Waals surface area contributed by atoms with Crippen LogP contribution in [0.5, 0.6) is 5.75 Å². The predicted octanol–water partition coefficient (Wildman–Crippen LogP) is 3.10. The monoisotopic (exact) mass is 265 g/mol. The van der Waals surface area contributed by atoms with Crippen LogP contribution in [0, 0.1) is 6.92 Å². The SMILES string of the molecule is Cc1cncc(COc2ccc(N)c3ncccc23)c1. The van der Waals surface area contributed by atoms with Gasteiger partial charge in [0.25, 0.3) is 0 Å². The van der Waals surface area contributed by atoms with E-state index in [1.807, 2.05) is 43.6 Å². The summed E-state index contributed by atoms with van der Waals surface area (Å²) < 4.78 is 5.88. The van der Waals surface area contributed by atoms with Crippen LogP contribution in [-0.4, -0.2) is 9.97 Å². The number of benzene rings is 1. The van der Waals surface area contributed by atoms with Gasteiger partial charge in [-0.05, 0) is 42.8 Å². The molecule has 2 aromatic heterocycles. The normalized spacial score (nSPS) is 10.7. The third kappa shape index (κ3) is 2.40. The lowest BCUT2D eigenvalue weighted by Crippen LogP contribution is -1.98. The lowest BCUT2D eigenvalue weighted by atomic mass is 10.1. The molecule has 0 aliphatic carbocycles. The molecule has 100 valence electrons. The molecule has 3 aromatic rings. The number of anilines is 1. The van der Waals surface area contributed by atoms with E-state index in [0.29, 0.717) is 12.3 Å². The summed E-state index contributed by atoms with van der Waals surface area (Å²) in [6.07, 6.45) is 5.36. The number of nitrogens with zero attached hydrogens (tertiary/aromatic N) is 2. The van der Waals surface area contributed by atoms with Gasteiger partial charge >= 0.3 is 0 Å². The zero-order valence-corrected chi connectivity index (χ0v) is 11.2. The van der Waals surface area contributed by atoms with E-state index in [1.165, 1.54) is 0 Å². The molecule has 0 bridgehead atoms. The van der Waals surface area contributed by atoms with Crippen molar-refractivity contribution in [2.24, 2.45) is 0 Å². The molecule has 3 rings (SSSR count). The Morgan fingerprint density at radius 2 is 2.10 bits per heavy atom. The van der Waals surface area contributed by atoms with Gasteiger partial charge in [-0.1, -0.05) is 0 Å². The quantitative estimate of drug-likeness (QED) is 0.739. The van der Waals surface area contributed by atoms with E-state index in [9.17, 15) is 0 Å². The fraction of sp³-hybridized carbons (Fsp3) is 0.125. The van der Waals surface area contributed by atoms with Crippen LogP contribution in [0.3, 0.4) is 0 Å². The molecule has 1 aromatic carbocycles. The first kappa shape index (κ1) is 12.4. The minimum absolute atomic E-state index is 0.475. The van der Waals surface area contributed by atoms with Crippen molar-refractivity contribution in [2.75, 3.05) is 5.73 Å². The third-order valence-electron chi connectivity index (χ3n) is 3.09. The first-order valence-corrected chi connectivity index (χ1v) is 6.40. The van der Waals surface area contributed by atoms with Crippen molar-refractivity contribution in [1.29, 1.82) is 0 Å². The van der Waals surface area contributed by atoms with Gasteiger partial charge in [-0.3, -0.25) is 9.97 Å². The fourth-order valence-electron chi connectivity index (χ4n) is 2.15. The maximum Gasteiger partial charge on any atom is 0.129 e. The number of aryl methyl sites for hydroxylation is 1. The molecule has 0 saturated carbocycles. The molecule has 2 N–H and O–H groups in total. The highest BCUT2D eigenvalue weighted by molar-refractivity contribution is 5.93. The molecule has 0 aliphatic heterocycles. The molecule has 2 heterocycles. The van der Waals surface area contributed by atoms with Crippen LogP contribution in [0.15, 0.2) is 48.9 Å². The Bertz CT molecular complexity index is 756. The Kier molecular flexibility index (Phi) is 3.21. The summed E-state index contributed by atoms with van der Waals surface area (Å²) in [4.78, 5) is 8.45. The minimum atomic E-state index is 0.475. The largest absolute Gasteiger partial charge is 0.488 e. The minimum Gasteiger partial charge on any atom is -0.488 e. The number of ether oxygens (including phenoxy) is 1. The summed E-state index contributed by atoms with van der Waals surface area (Å²) in [5.74, 6) is 0.781. The zero-order valence-electron chi connectivity index (χ0n) is 11.2. The average molecular weight is 265 g/mol. The van der Waals surface area contributed by atoms with Gasteiger partial charge in [0.15, 0.2) is 0 Å². The summed E-state index contributed by atoms with van der Waals surface area (Å²) in [6.45, 7) is 2.49. The van der Waals surface area contributed by atoms with Crippen molar-refractivity contribution < 1.29 is 4.74 Å². The van der Waals surface area contributed by atoms with Crippen LogP contribution < -0.4 is 10.5 Å². The van der Waals surface area contributed by atoms with Crippen molar-refractivity contribution in [2.45, 2.75) is 13.5 Å². The lowest BCUT2D eigenvalue weighted by Gasteiger charge is -2.10. The number of rotatable bonds is 3. The maximum absolute atomic E-state index is 5.92. The van der Waals surface area contributed by atoms with E-state index in [0.717, 1.165) is 27.8 Å². The lowest BCUT2D eigenvalue weighted by molar-refractivity contribution is 0.309. The molecule has 0 atom stereocenters. The highest BCUT2D eigenvalue weighted by atomic mass is 16.5. The van der Waals surface area contributed by atoms with Crippen molar-refractivity contribution in [1.82, 2.24) is 9.97 Å². The van der Waals surface area contributed by atoms with E-state index in [2.05, 4.69) is 16.0 Å². The third-order valence-corrected chi connectivity index (χ3v) is 3.09. The average Bonchev–Trinajstić information content (AvgIpc) is 2.47. The molecule has 0 fully saturated rings. The summed E-state index contributed by atoms with van der Waals surface area (Å²) in [7, 11) is 0. The Hall–Kier alpha value is -2.62. The summed E-state index contributed by atoms with van der Waals surface area (Å²) in [5, 5.41) is 0.924. The topological polar surface area (TPSA) is 61.0 Å². The standard InChI is InChI=1S/C16H15N3O/c1-11-7-12(9-18-8-11)10-20-15-5-4-14(17)16-13(15)3-2-6-19-16/h2-9H,10,17H2,1H3. The maximum atomic E-state index is 5.92. The number of hydrogen-bond donors (Lipinski definition) is 1. The molecular formula is C16H15N3O. The highest BCUT2D eigenvalue weighted by Gasteiger charge is 2.06. The molecule has 0 spiro atoms. The number of pyridine rings is 2. The second-order valence-electron chi connectivity index (χ2n) is 4.71. The summed E-state index contributed by atoms with van der Waals surface area (Å²) in [5.41, 5.74) is 9.51. The molecule has 0 saturated heterocycles. The van der Waals surface area contributed by atoms with Crippen LogP contribution in [0.2, 0.25) is 0 Å². The fourth-order valence-corrected chi connectivity index (χ4v) is 2.15. The first-order chi connectivity index (χ1) is 9.74. The second kappa shape index (κ2) is 5.17. The Morgan fingerprint density at radius 1 is 1.20 bits per heavy atom. The Balaban J connectivity index is 1.90. The van der Waals surface area contributed by atoms with Gasteiger partial charge < -0.3 is 10.5 Å². The van der Waals surface area contributed by atoms with E-state index in [4.69, 9.17) is 10.5 Å². The molecule has 4 heteroatoms. The molecule has 0 unspecified atom stereocenters. The summed E-state index contributed by atoms with van der Waals surface area (Å²) >= 11 is 0.